The van der Waals surface area contributed by atoms with E-state index in [1.54, 1.807) is 14.2 Å². The minimum Gasteiger partial charge on any atom is -0.383 e. The molecule has 3 aliphatic rings. The smallest absolute Gasteiger partial charge is 0.225 e. The maximum absolute atomic E-state index is 13.0. The molecule has 0 bridgehead atoms. The Hall–Kier alpha value is -3.34. The Morgan fingerprint density at radius 1 is 1.12 bits per heavy atom. The Balaban J connectivity index is 1.12. The fraction of sp³-hybridized carbons (Fsp3) is 0.576. The van der Waals surface area contributed by atoms with Gasteiger partial charge in [0.15, 0.2) is 0 Å². The van der Waals surface area contributed by atoms with Gasteiger partial charge in [0, 0.05) is 108 Å². The molecule has 1 aliphatic carbocycles. The number of aliphatic imine (C=N–C) groups is 1. The topological polar surface area (TPSA) is 87.8 Å². The number of likely N-dealkylation sites (tertiary alicyclic amines) is 1. The molecule has 10 nitrogen and oxygen atoms in total. The Morgan fingerprint density at radius 3 is 2.53 bits per heavy atom. The average Bonchev–Trinajstić information content (AvgIpc) is 3.47. The molecule has 6 rings (SSSR count). The Bertz CT molecular complexity index is 1420. The van der Waals surface area contributed by atoms with Crippen LogP contribution in [0.5, 0.6) is 0 Å². The molecule has 0 unspecified atom stereocenters. The molecule has 1 amide bonds. The van der Waals surface area contributed by atoms with Crippen LogP contribution in [0.25, 0.3) is 16.8 Å². The van der Waals surface area contributed by atoms with Gasteiger partial charge in [0.05, 0.1) is 29.1 Å². The van der Waals surface area contributed by atoms with Crippen molar-refractivity contribution < 1.29 is 14.3 Å². The second kappa shape index (κ2) is 12.7. The van der Waals surface area contributed by atoms with Crippen LogP contribution >= 0.6 is 0 Å². The number of carbonyl (C=O) groups excluding carboxylic acids is 1. The Kier molecular flexibility index (Phi) is 8.79. The lowest BCUT2D eigenvalue weighted by Gasteiger charge is -2.43. The van der Waals surface area contributed by atoms with Crippen molar-refractivity contribution >= 4 is 23.3 Å². The Labute approximate surface area is 254 Å². The van der Waals surface area contributed by atoms with Crippen molar-refractivity contribution in [2.24, 2.45) is 16.8 Å². The maximum atomic E-state index is 13.0. The summed E-state index contributed by atoms with van der Waals surface area (Å²) in [5.74, 6) is 0.931. The van der Waals surface area contributed by atoms with Crippen molar-refractivity contribution in [2.75, 3.05) is 72.0 Å². The number of piperidine rings is 1. The van der Waals surface area contributed by atoms with Crippen molar-refractivity contribution in [3.8, 4) is 11.3 Å². The van der Waals surface area contributed by atoms with Crippen LogP contribution in [0, 0.1) is 11.8 Å². The van der Waals surface area contributed by atoms with Crippen LogP contribution in [-0.2, 0) is 19.9 Å². The summed E-state index contributed by atoms with van der Waals surface area (Å²) in [5.41, 5.74) is 4.95. The third-order valence-electron chi connectivity index (χ3n) is 9.92. The third-order valence-corrected chi connectivity index (χ3v) is 9.92. The second-order valence-corrected chi connectivity index (χ2v) is 12.4. The number of ether oxygens (including phenoxy) is 2. The minimum absolute atomic E-state index is 0.158. The van der Waals surface area contributed by atoms with Crippen molar-refractivity contribution in [3.63, 3.8) is 0 Å². The van der Waals surface area contributed by atoms with E-state index in [2.05, 4.69) is 57.3 Å². The van der Waals surface area contributed by atoms with Gasteiger partial charge in [-0.25, -0.2) is 4.52 Å². The van der Waals surface area contributed by atoms with E-state index in [-0.39, 0.29) is 11.5 Å². The van der Waals surface area contributed by atoms with Crippen LogP contribution in [0.15, 0.2) is 47.8 Å². The van der Waals surface area contributed by atoms with Gasteiger partial charge < -0.3 is 24.3 Å². The van der Waals surface area contributed by atoms with E-state index in [1.165, 1.54) is 0 Å². The lowest BCUT2D eigenvalue weighted by molar-refractivity contribution is -0.139. The number of anilines is 1. The van der Waals surface area contributed by atoms with E-state index < -0.39 is 0 Å². The van der Waals surface area contributed by atoms with Gasteiger partial charge in [0.2, 0.25) is 5.91 Å². The van der Waals surface area contributed by atoms with E-state index in [4.69, 9.17) is 14.5 Å². The summed E-state index contributed by atoms with van der Waals surface area (Å²) in [6.07, 6.45) is 11.6. The second-order valence-electron chi connectivity index (χ2n) is 12.4. The van der Waals surface area contributed by atoms with Gasteiger partial charge in [-0.05, 0) is 56.7 Å². The number of fused-ring (bicyclic) bond motifs is 1. The molecule has 43 heavy (non-hydrogen) atoms. The average molecular weight is 588 g/mol. The summed E-state index contributed by atoms with van der Waals surface area (Å²) in [6.45, 7) is 8.02. The Morgan fingerprint density at radius 2 is 1.88 bits per heavy atom. The molecular formula is C33H45N7O3. The van der Waals surface area contributed by atoms with Gasteiger partial charge in [-0.2, -0.15) is 5.10 Å². The first kappa shape index (κ1) is 29.7. The lowest BCUT2D eigenvalue weighted by Crippen LogP contribution is -2.52. The van der Waals surface area contributed by atoms with Gasteiger partial charge in [-0.3, -0.25) is 14.7 Å². The van der Waals surface area contributed by atoms with Gasteiger partial charge in [-0.1, -0.05) is 6.07 Å². The number of carbonyl (C=O) groups is 1. The highest BCUT2D eigenvalue weighted by Gasteiger charge is 2.38. The lowest BCUT2D eigenvalue weighted by atomic mass is 9.75. The van der Waals surface area contributed by atoms with Crippen LogP contribution < -0.4 is 4.90 Å². The van der Waals surface area contributed by atoms with Crippen LogP contribution in [0.1, 0.15) is 38.2 Å². The summed E-state index contributed by atoms with van der Waals surface area (Å²) >= 11 is 0. The highest BCUT2D eigenvalue weighted by Crippen LogP contribution is 2.38. The molecule has 5 heterocycles. The molecule has 3 aromatic heterocycles. The third kappa shape index (κ3) is 5.92. The molecule has 3 fully saturated rings. The number of hydrogen-bond donors (Lipinski definition) is 0. The van der Waals surface area contributed by atoms with Gasteiger partial charge in [0.25, 0.3) is 0 Å². The molecule has 3 aromatic rings. The fourth-order valence-electron chi connectivity index (χ4n) is 7.15. The quantitative estimate of drug-likeness (QED) is 0.353. The van der Waals surface area contributed by atoms with Crippen molar-refractivity contribution in [1.29, 1.82) is 0 Å². The first-order valence-electron chi connectivity index (χ1n) is 15.6. The highest BCUT2D eigenvalue weighted by molar-refractivity contribution is 5.83. The molecule has 0 spiro atoms. The molecule has 0 aromatic carbocycles. The van der Waals surface area contributed by atoms with E-state index in [1.807, 2.05) is 35.1 Å². The molecule has 1 atom stereocenters. The zero-order valence-corrected chi connectivity index (χ0v) is 26.0. The van der Waals surface area contributed by atoms with Gasteiger partial charge in [-0.15, -0.1) is 0 Å². The molecule has 10 heteroatoms. The minimum atomic E-state index is -0.317. The molecule has 2 aliphatic heterocycles. The first-order valence-corrected chi connectivity index (χ1v) is 15.6. The summed E-state index contributed by atoms with van der Waals surface area (Å²) < 4.78 is 13.4. The van der Waals surface area contributed by atoms with Crippen LogP contribution in [-0.4, -0.2) is 110 Å². The molecule has 0 N–H and O–H groups in total. The standard InChI is InChI=1S/C33H45N7O3/c1-24(23-42-3)37-11-8-33(43-4,9-12-37)28-5-6-29(35-21-28)27-19-31-30(7-10-36-40(31)22-27)38-13-15-39(16-14-38)32(41)26-17-25(18-26)20-34-2/h5-7,10,19-22,24-26H,8-9,11-18,23H2,1-4H3/t24-,25?,26?/m0/s1. The summed E-state index contributed by atoms with van der Waals surface area (Å²) in [6, 6.07) is 8.93. The predicted molar refractivity (Wildman–Crippen MR) is 169 cm³/mol. The summed E-state index contributed by atoms with van der Waals surface area (Å²) in [5, 5.41) is 4.59. The zero-order valence-electron chi connectivity index (χ0n) is 26.0. The number of methoxy groups -OCH3 is 2. The van der Waals surface area contributed by atoms with E-state index in [0.717, 1.165) is 99.6 Å². The first-order chi connectivity index (χ1) is 20.9. The zero-order chi connectivity index (χ0) is 30.0. The number of pyridine rings is 1. The molecular weight excluding hydrogens is 542 g/mol. The van der Waals surface area contributed by atoms with Crippen LogP contribution in [0.4, 0.5) is 5.69 Å². The summed E-state index contributed by atoms with van der Waals surface area (Å²) in [7, 11) is 5.38. The van der Waals surface area contributed by atoms with E-state index in [0.29, 0.717) is 17.9 Å². The number of rotatable bonds is 9. The van der Waals surface area contributed by atoms with Crippen LogP contribution in [0.3, 0.4) is 0 Å². The highest BCUT2D eigenvalue weighted by atomic mass is 16.5. The number of hydrogen-bond acceptors (Lipinski definition) is 8. The van der Waals surface area contributed by atoms with Crippen molar-refractivity contribution in [3.05, 3.63) is 48.4 Å². The van der Waals surface area contributed by atoms with Gasteiger partial charge in [0.1, 0.15) is 0 Å². The number of nitrogens with zero attached hydrogens (tertiary/aromatic N) is 7. The van der Waals surface area contributed by atoms with Crippen molar-refractivity contribution in [1.82, 2.24) is 24.4 Å². The molecule has 0 radical (unpaired) electrons. The predicted octanol–water partition coefficient (Wildman–Crippen LogP) is 3.74. The number of aromatic nitrogens is 3. The number of amides is 1. The maximum Gasteiger partial charge on any atom is 0.225 e. The molecule has 2 saturated heterocycles. The van der Waals surface area contributed by atoms with Crippen molar-refractivity contribution in [2.45, 2.75) is 44.2 Å². The number of piperazine rings is 1. The van der Waals surface area contributed by atoms with Gasteiger partial charge >= 0.3 is 0 Å². The van der Waals surface area contributed by atoms with Crippen LogP contribution in [0.2, 0.25) is 0 Å². The SMILES string of the molecule is CN=CC1CC(C(=O)N2CCN(c3ccnn4cc(-c5ccc(C6(OC)CCN([C@@H](C)COC)CC6)cn5)cc34)CC2)C1. The van der Waals surface area contributed by atoms with E-state index in [9.17, 15) is 4.79 Å². The largest absolute Gasteiger partial charge is 0.383 e. The molecule has 230 valence electrons. The molecule has 1 saturated carbocycles. The summed E-state index contributed by atoms with van der Waals surface area (Å²) in [4.78, 5) is 28.9. The fourth-order valence-corrected chi connectivity index (χ4v) is 7.15. The normalized spacial score (nSPS) is 23.5. The monoisotopic (exact) mass is 587 g/mol. The van der Waals surface area contributed by atoms with E-state index >= 15 is 0 Å².